The minimum absolute atomic E-state index is 0.337. The van der Waals surface area contributed by atoms with E-state index in [0.717, 1.165) is 32.5 Å². The molecular formula is C25H49N2O+. The van der Waals surface area contributed by atoms with E-state index in [9.17, 15) is 5.11 Å². The largest absolute Gasteiger partial charge is 0.345 e. The molecule has 2 unspecified atom stereocenters. The molecule has 1 N–H and O–H groups in total. The van der Waals surface area contributed by atoms with Crippen LogP contribution in [-0.4, -0.2) is 41.3 Å². The normalized spacial score (nSPS) is 20.8. The zero-order valence-corrected chi connectivity index (χ0v) is 19.3. The number of aliphatic hydroxyl groups is 1. The monoisotopic (exact) mass is 393 g/mol. The Labute approximate surface area is 175 Å². The quantitative estimate of drug-likeness (QED) is 0.152. The van der Waals surface area contributed by atoms with Crippen molar-refractivity contribution in [2.75, 3.05) is 19.6 Å². The van der Waals surface area contributed by atoms with Crippen molar-refractivity contribution in [1.29, 1.82) is 0 Å². The van der Waals surface area contributed by atoms with Gasteiger partial charge < -0.3 is 5.11 Å². The highest BCUT2D eigenvalue weighted by molar-refractivity contribution is 5.77. The van der Waals surface area contributed by atoms with Crippen molar-refractivity contribution < 1.29 is 9.59 Å². The lowest BCUT2D eigenvalue weighted by atomic mass is 10.0. The van der Waals surface area contributed by atoms with E-state index in [1.807, 2.05) is 6.92 Å². The van der Waals surface area contributed by atoms with Gasteiger partial charge in [-0.25, -0.2) is 4.99 Å². The second-order valence-corrected chi connectivity index (χ2v) is 8.69. The maximum atomic E-state index is 10.2. The fourth-order valence-corrected chi connectivity index (χ4v) is 4.49. The zero-order valence-electron chi connectivity index (χ0n) is 19.3. The number of nitrogens with zero attached hydrogens (tertiary/aromatic N) is 2. The van der Waals surface area contributed by atoms with Gasteiger partial charge in [-0.1, -0.05) is 89.7 Å². The molecule has 3 heteroatoms. The van der Waals surface area contributed by atoms with E-state index >= 15 is 0 Å². The molecule has 0 bridgehead atoms. The maximum Gasteiger partial charge on any atom is 0.200 e. The van der Waals surface area contributed by atoms with Crippen molar-refractivity contribution in [2.45, 2.75) is 123 Å². The molecule has 0 aromatic rings. The molecular weight excluding hydrogens is 344 g/mol. The first-order valence-electron chi connectivity index (χ1n) is 12.4. The summed E-state index contributed by atoms with van der Waals surface area (Å²) in [5, 5.41) is 10.2. The lowest BCUT2D eigenvalue weighted by molar-refractivity contribution is -0.882. The number of aliphatic hydroxyl groups excluding tert-OH is 1. The number of hydrogen-bond donors (Lipinski definition) is 1. The number of allylic oxidation sites excluding steroid dienone is 2. The van der Waals surface area contributed by atoms with Gasteiger partial charge in [-0.2, -0.15) is 0 Å². The van der Waals surface area contributed by atoms with Crippen LogP contribution in [-0.2, 0) is 0 Å². The third kappa shape index (κ3) is 9.69. The molecule has 0 amide bonds. The predicted molar refractivity (Wildman–Crippen MR) is 124 cm³/mol. The van der Waals surface area contributed by atoms with E-state index in [1.54, 1.807) is 0 Å². The molecule has 0 saturated carbocycles. The summed E-state index contributed by atoms with van der Waals surface area (Å²) in [5.41, 5.74) is 0. The van der Waals surface area contributed by atoms with Gasteiger partial charge in [0.05, 0.1) is 13.1 Å². The van der Waals surface area contributed by atoms with Crippen LogP contribution in [0.2, 0.25) is 0 Å². The van der Waals surface area contributed by atoms with E-state index in [-0.39, 0.29) is 6.23 Å². The molecule has 1 heterocycles. The standard InChI is InChI=1S/C25H49N2O/c1-4-6-7-8-9-10-11-12-13-14-15-16-17-18-19-20-21-25-26-22-23-27(25,5-2)24(3)28/h18-19,24,28H,4-17,20-23H2,1-3H3/q+1/b19-18+. The van der Waals surface area contributed by atoms with E-state index in [4.69, 9.17) is 0 Å². The first-order chi connectivity index (χ1) is 13.7. The molecule has 0 saturated heterocycles. The Balaban J connectivity index is 1.94. The summed E-state index contributed by atoms with van der Waals surface area (Å²) in [4.78, 5) is 4.68. The lowest BCUT2D eigenvalue weighted by Crippen LogP contribution is -2.56. The molecule has 0 aromatic heterocycles. The topological polar surface area (TPSA) is 32.6 Å². The van der Waals surface area contributed by atoms with Gasteiger partial charge in [0.2, 0.25) is 5.84 Å². The summed E-state index contributed by atoms with van der Waals surface area (Å²) in [6.07, 6.45) is 24.6. The summed E-state index contributed by atoms with van der Waals surface area (Å²) >= 11 is 0. The Bertz CT molecular complexity index is 430. The van der Waals surface area contributed by atoms with Crippen molar-refractivity contribution >= 4 is 5.84 Å². The van der Waals surface area contributed by atoms with E-state index in [2.05, 4.69) is 31.0 Å². The van der Waals surface area contributed by atoms with Crippen LogP contribution in [0.5, 0.6) is 0 Å². The van der Waals surface area contributed by atoms with Gasteiger partial charge in [0.1, 0.15) is 6.54 Å². The fraction of sp³-hybridized carbons (Fsp3) is 0.880. The van der Waals surface area contributed by atoms with Crippen LogP contribution in [0.3, 0.4) is 0 Å². The summed E-state index contributed by atoms with van der Waals surface area (Å²) in [6, 6.07) is 0. The summed E-state index contributed by atoms with van der Waals surface area (Å²) in [6.45, 7) is 9.14. The molecule has 1 rings (SSSR count). The van der Waals surface area contributed by atoms with E-state index < -0.39 is 0 Å². The molecule has 1 aliphatic rings. The van der Waals surface area contributed by atoms with Crippen LogP contribution in [0.25, 0.3) is 0 Å². The van der Waals surface area contributed by atoms with Crippen LogP contribution in [0, 0.1) is 0 Å². The second kappa shape index (κ2) is 16.2. The smallest absolute Gasteiger partial charge is 0.200 e. The Morgan fingerprint density at radius 3 is 1.93 bits per heavy atom. The highest BCUT2D eigenvalue weighted by Gasteiger charge is 2.40. The summed E-state index contributed by atoms with van der Waals surface area (Å²) in [7, 11) is 0. The molecule has 2 atom stereocenters. The van der Waals surface area contributed by atoms with Crippen LogP contribution >= 0.6 is 0 Å². The van der Waals surface area contributed by atoms with Crippen molar-refractivity contribution in [3.05, 3.63) is 12.2 Å². The van der Waals surface area contributed by atoms with Crippen LogP contribution in [0.15, 0.2) is 17.1 Å². The number of hydrogen-bond acceptors (Lipinski definition) is 2. The molecule has 28 heavy (non-hydrogen) atoms. The molecule has 0 fully saturated rings. The van der Waals surface area contributed by atoms with E-state index in [0.29, 0.717) is 4.48 Å². The molecule has 0 spiro atoms. The third-order valence-electron chi connectivity index (χ3n) is 6.51. The van der Waals surface area contributed by atoms with Crippen LogP contribution in [0.4, 0.5) is 0 Å². The van der Waals surface area contributed by atoms with Gasteiger partial charge in [-0.15, -0.1) is 0 Å². The van der Waals surface area contributed by atoms with Crippen molar-refractivity contribution in [3.8, 4) is 0 Å². The number of unbranched alkanes of at least 4 members (excludes halogenated alkanes) is 12. The van der Waals surface area contributed by atoms with Crippen LogP contribution in [0.1, 0.15) is 117 Å². The Kier molecular flexibility index (Phi) is 14.6. The highest BCUT2D eigenvalue weighted by atomic mass is 16.3. The number of amidine groups is 1. The van der Waals surface area contributed by atoms with Crippen LogP contribution < -0.4 is 0 Å². The maximum absolute atomic E-state index is 10.2. The Hall–Kier alpha value is -0.670. The molecule has 1 aliphatic heterocycles. The third-order valence-corrected chi connectivity index (χ3v) is 6.51. The number of likely N-dealkylation sites (N-methyl/N-ethyl adjacent to an activating group) is 1. The number of rotatable bonds is 18. The average molecular weight is 394 g/mol. The van der Waals surface area contributed by atoms with Gasteiger partial charge in [0.25, 0.3) is 0 Å². The molecule has 0 aromatic carbocycles. The minimum atomic E-state index is -0.337. The first-order valence-corrected chi connectivity index (χ1v) is 12.4. The number of aliphatic imine (C=N–C) groups is 1. The molecule has 0 aliphatic carbocycles. The summed E-state index contributed by atoms with van der Waals surface area (Å²) in [5.74, 6) is 1.20. The molecule has 3 nitrogen and oxygen atoms in total. The Morgan fingerprint density at radius 1 is 0.857 bits per heavy atom. The fourth-order valence-electron chi connectivity index (χ4n) is 4.49. The van der Waals surface area contributed by atoms with Crippen molar-refractivity contribution in [1.82, 2.24) is 0 Å². The van der Waals surface area contributed by atoms with Crippen molar-refractivity contribution in [3.63, 3.8) is 0 Å². The van der Waals surface area contributed by atoms with Gasteiger partial charge in [-0.05, 0) is 26.2 Å². The minimum Gasteiger partial charge on any atom is -0.345 e. The summed E-state index contributed by atoms with van der Waals surface area (Å²) < 4.78 is 0.687. The lowest BCUT2D eigenvalue weighted by Gasteiger charge is -2.36. The first kappa shape index (κ1) is 25.4. The Morgan fingerprint density at radius 2 is 1.39 bits per heavy atom. The molecule has 164 valence electrons. The molecule has 0 radical (unpaired) electrons. The second-order valence-electron chi connectivity index (χ2n) is 8.69. The van der Waals surface area contributed by atoms with Gasteiger partial charge in [-0.3, -0.25) is 4.48 Å². The van der Waals surface area contributed by atoms with E-state index in [1.165, 1.54) is 89.3 Å². The van der Waals surface area contributed by atoms with Crippen molar-refractivity contribution in [2.24, 2.45) is 4.99 Å². The number of quaternary nitrogens is 1. The zero-order chi connectivity index (χ0) is 20.5. The SMILES string of the molecule is CCCCCCCCCCCCCC/C=C/CCC1=NCC[N+]1(CC)C(C)O. The van der Waals surface area contributed by atoms with Gasteiger partial charge in [0.15, 0.2) is 6.23 Å². The van der Waals surface area contributed by atoms with Gasteiger partial charge in [0, 0.05) is 13.3 Å². The van der Waals surface area contributed by atoms with Gasteiger partial charge >= 0.3 is 0 Å². The predicted octanol–water partition coefficient (Wildman–Crippen LogP) is 7.00. The average Bonchev–Trinajstić information content (AvgIpc) is 3.12. The highest BCUT2D eigenvalue weighted by Crippen LogP contribution is 2.22.